The van der Waals surface area contributed by atoms with Crippen molar-refractivity contribution in [3.63, 3.8) is 0 Å². The molecule has 1 aromatic heterocycles. The highest BCUT2D eigenvalue weighted by atomic mass is 16.5. The number of piperidine rings is 1. The van der Waals surface area contributed by atoms with Crippen molar-refractivity contribution in [2.24, 2.45) is 5.92 Å². The van der Waals surface area contributed by atoms with Crippen LogP contribution in [0, 0.1) is 5.92 Å². The van der Waals surface area contributed by atoms with Gasteiger partial charge in [0.05, 0.1) is 19.3 Å². The Morgan fingerprint density at radius 1 is 1.04 bits per heavy atom. The van der Waals surface area contributed by atoms with Gasteiger partial charge in [0.15, 0.2) is 5.76 Å². The molecule has 0 unspecified atom stereocenters. The maximum atomic E-state index is 13.3. The number of hydrogen-bond acceptors (Lipinski definition) is 4. The molecule has 0 N–H and O–H groups in total. The molecule has 148 valence electrons. The molecule has 2 saturated heterocycles. The number of rotatable bonds is 4. The quantitative estimate of drug-likeness (QED) is 0.815. The molecule has 2 aliphatic heterocycles. The van der Waals surface area contributed by atoms with E-state index in [2.05, 4.69) is 0 Å². The van der Waals surface area contributed by atoms with Gasteiger partial charge in [-0.25, -0.2) is 0 Å². The van der Waals surface area contributed by atoms with Crippen molar-refractivity contribution in [2.75, 3.05) is 33.3 Å². The zero-order chi connectivity index (χ0) is 19.5. The average molecular weight is 382 g/mol. The molecule has 28 heavy (non-hydrogen) atoms. The van der Waals surface area contributed by atoms with Crippen molar-refractivity contribution in [1.82, 2.24) is 9.80 Å². The van der Waals surface area contributed by atoms with E-state index in [9.17, 15) is 9.59 Å². The van der Waals surface area contributed by atoms with Crippen LogP contribution in [0.2, 0.25) is 0 Å². The Morgan fingerprint density at radius 2 is 1.86 bits per heavy atom. The number of likely N-dealkylation sites (tertiary alicyclic amines) is 2. The van der Waals surface area contributed by atoms with E-state index in [-0.39, 0.29) is 23.7 Å². The molecule has 2 fully saturated rings. The van der Waals surface area contributed by atoms with E-state index < -0.39 is 0 Å². The van der Waals surface area contributed by atoms with Crippen LogP contribution in [0.1, 0.15) is 41.3 Å². The van der Waals surface area contributed by atoms with Crippen molar-refractivity contribution in [1.29, 1.82) is 0 Å². The Bertz CT molecular complexity index is 827. The van der Waals surface area contributed by atoms with Crippen LogP contribution in [-0.2, 0) is 4.79 Å². The second-order valence-electron chi connectivity index (χ2n) is 7.56. The predicted molar refractivity (Wildman–Crippen MR) is 104 cm³/mol. The molecule has 0 aliphatic carbocycles. The summed E-state index contributed by atoms with van der Waals surface area (Å²) < 4.78 is 10.7. The lowest BCUT2D eigenvalue weighted by Crippen LogP contribution is -2.42. The van der Waals surface area contributed by atoms with E-state index in [4.69, 9.17) is 9.15 Å². The lowest BCUT2D eigenvalue weighted by Gasteiger charge is -2.31. The van der Waals surface area contributed by atoms with Crippen LogP contribution >= 0.6 is 0 Å². The first-order valence-corrected chi connectivity index (χ1v) is 9.93. The number of ether oxygens (including phenoxy) is 1. The summed E-state index contributed by atoms with van der Waals surface area (Å²) in [5.41, 5.74) is 1.03. The van der Waals surface area contributed by atoms with Crippen molar-refractivity contribution < 1.29 is 18.7 Å². The molecule has 2 aromatic rings. The van der Waals surface area contributed by atoms with Crippen LogP contribution < -0.4 is 4.74 Å². The van der Waals surface area contributed by atoms with Gasteiger partial charge in [0.25, 0.3) is 5.91 Å². The number of methoxy groups -OCH3 is 1. The Balaban J connectivity index is 1.61. The zero-order valence-corrected chi connectivity index (χ0v) is 16.2. The zero-order valence-electron chi connectivity index (χ0n) is 16.2. The minimum absolute atomic E-state index is 0.0524. The van der Waals surface area contributed by atoms with Crippen molar-refractivity contribution in [2.45, 2.75) is 25.2 Å². The van der Waals surface area contributed by atoms with Gasteiger partial charge in [-0.15, -0.1) is 0 Å². The third-order valence-electron chi connectivity index (χ3n) is 5.85. The molecule has 2 atom stereocenters. The molecule has 1 aromatic carbocycles. The molecule has 6 heteroatoms. The largest absolute Gasteiger partial charge is 0.497 e. The fraction of sp³-hybridized carbons (Fsp3) is 0.455. The average Bonchev–Trinajstić information content (AvgIpc) is 3.44. The molecule has 0 bridgehead atoms. The SMILES string of the molecule is COc1cccc([C@@H]2CN(C(=O)c3ccco3)C[C@H]2C(=O)N2CCCCC2)c1. The third-order valence-corrected chi connectivity index (χ3v) is 5.85. The lowest BCUT2D eigenvalue weighted by molar-refractivity contribution is -0.136. The van der Waals surface area contributed by atoms with Gasteiger partial charge >= 0.3 is 0 Å². The first-order chi connectivity index (χ1) is 13.7. The lowest BCUT2D eigenvalue weighted by atomic mass is 9.87. The standard InChI is InChI=1S/C22H26N2O4/c1-27-17-8-5-7-16(13-17)18-14-24(22(26)20-9-6-12-28-20)15-19(18)21(25)23-10-3-2-4-11-23/h5-9,12-13,18-19H,2-4,10-11,14-15H2,1H3/t18-,19+/m0/s1. The highest BCUT2D eigenvalue weighted by Crippen LogP contribution is 2.36. The number of carbonyl (C=O) groups is 2. The summed E-state index contributed by atoms with van der Waals surface area (Å²) in [5.74, 6) is 0.773. The molecule has 4 rings (SSSR count). The summed E-state index contributed by atoms with van der Waals surface area (Å²) in [5, 5.41) is 0. The number of carbonyl (C=O) groups excluding carboxylic acids is 2. The van der Waals surface area contributed by atoms with Gasteiger partial charge in [-0.05, 0) is 49.1 Å². The number of nitrogens with zero attached hydrogens (tertiary/aromatic N) is 2. The van der Waals surface area contributed by atoms with Gasteiger partial charge in [-0.1, -0.05) is 12.1 Å². The predicted octanol–water partition coefficient (Wildman–Crippen LogP) is 3.16. The molecule has 3 heterocycles. The normalized spacial score (nSPS) is 22.3. The highest BCUT2D eigenvalue weighted by molar-refractivity contribution is 5.92. The number of amides is 2. The van der Waals surface area contributed by atoms with Crippen LogP contribution in [0.15, 0.2) is 47.1 Å². The fourth-order valence-electron chi connectivity index (χ4n) is 4.33. The van der Waals surface area contributed by atoms with Crippen molar-refractivity contribution in [3.8, 4) is 5.75 Å². The topological polar surface area (TPSA) is 63.0 Å². The second-order valence-corrected chi connectivity index (χ2v) is 7.56. The Kier molecular flexibility index (Phi) is 5.37. The van der Waals surface area contributed by atoms with E-state index in [1.165, 1.54) is 12.7 Å². The van der Waals surface area contributed by atoms with Crippen LogP contribution in [0.5, 0.6) is 5.75 Å². The van der Waals surface area contributed by atoms with Crippen LogP contribution in [0.3, 0.4) is 0 Å². The number of benzene rings is 1. The van der Waals surface area contributed by atoms with Gasteiger partial charge in [0, 0.05) is 32.1 Å². The Labute approximate surface area is 165 Å². The summed E-state index contributed by atoms with van der Waals surface area (Å²) in [6.45, 7) is 2.53. The first kappa shape index (κ1) is 18.6. The molecular formula is C22H26N2O4. The molecule has 0 saturated carbocycles. The smallest absolute Gasteiger partial charge is 0.289 e. The van der Waals surface area contributed by atoms with Gasteiger partial charge in [0.2, 0.25) is 5.91 Å². The first-order valence-electron chi connectivity index (χ1n) is 9.93. The summed E-state index contributed by atoms with van der Waals surface area (Å²) >= 11 is 0. The monoisotopic (exact) mass is 382 g/mol. The highest BCUT2D eigenvalue weighted by Gasteiger charge is 2.42. The van der Waals surface area contributed by atoms with E-state index in [0.717, 1.165) is 37.2 Å². The van der Waals surface area contributed by atoms with Crippen molar-refractivity contribution >= 4 is 11.8 Å². The number of furan rings is 1. The van der Waals surface area contributed by atoms with Crippen LogP contribution in [0.4, 0.5) is 0 Å². The fourth-order valence-corrected chi connectivity index (χ4v) is 4.33. The van der Waals surface area contributed by atoms with E-state index in [0.29, 0.717) is 18.8 Å². The maximum Gasteiger partial charge on any atom is 0.289 e. The molecular weight excluding hydrogens is 356 g/mol. The van der Waals surface area contributed by atoms with Gasteiger partial charge in [-0.3, -0.25) is 9.59 Å². The Morgan fingerprint density at radius 3 is 2.57 bits per heavy atom. The molecule has 2 aliphatic rings. The third kappa shape index (κ3) is 3.63. The van der Waals surface area contributed by atoms with Crippen LogP contribution in [0.25, 0.3) is 0 Å². The van der Waals surface area contributed by atoms with Gasteiger partial charge < -0.3 is 19.0 Å². The summed E-state index contributed by atoms with van der Waals surface area (Å²) in [4.78, 5) is 29.9. The minimum atomic E-state index is -0.246. The molecule has 6 nitrogen and oxygen atoms in total. The molecule has 0 radical (unpaired) electrons. The summed E-state index contributed by atoms with van der Waals surface area (Å²) in [6.07, 6.45) is 4.78. The maximum absolute atomic E-state index is 13.3. The summed E-state index contributed by atoms with van der Waals surface area (Å²) in [7, 11) is 1.64. The van der Waals surface area contributed by atoms with E-state index in [1.54, 1.807) is 24.1 Å². The molecule has 0 spiro atoms. The van der Waals surface area contributed by atoms with Crippen molar-refractivity contribution in [3.05, 3.63) is 54.0 Å². The number of hydrogen-bond donors (Lipinski definition) is 0. The summed E-state index contributed by atoms with van der Waals surface area (Å²) in [6, 6.07) is 11.2. The van der Waals surface area contributed by atoms with E-state index >= 15 is 0 Å². The minimum Gasteiger partial charge on any atom is -0.497 e. The second kappa shape index (κ2) is 8.09. The van der Waals surface area contributed by atoms with E-state index in [1.807, 2.05) is 29.2 Å². The molecule has 2 amide bonds. The Hall–Kier alpha value is -2.76. The van der Waals surface area contributed by atoms with Gasteiger partial charge in [0.1, 0.15) is 5.75 Å². The van der Waals surface area contributed by atoms with Crippen LogP contribution in [-0.4, -0.2) is 54.9 Å². The van der Waals surface area contributed by atoms with Gasteiger partial charge in [-0.2, -0.15) is 0 Å².